The Hall–Kier alpha value is -2.25. The van der Waals surface area contributed by atoms with E-state index in [1.54, 1.807) is 18.2 Å². The average Bonchev–Trinajstić information content (AvgIpc) is 2.84. The van der Waals surface area contributed by atoms with Crippen LogP contribution in [-0.2, 0) is 12.7 Å². The number of fused-ring (bicyclic) bond motifs is 1. The molecule has 0 radical (unpaired) electrons. The van der Waals surface area contributed by atoms with Crippen molar-refractivity contribution in [2.45, 2.75) is 26.6 Å². The van der Waals surface area contributed by atoms with Gasteiger partial charge >= 0.3 is 12.2 Å². The summed E-state index contributed by atoms with van der Waals surface area (Å²) in [5.74, 6) is -0.654. The lowest BCUT2D eigenvalue weighted by molar-refractivity contribution is -0.146. The zero-order valence-corrected chi connectivity index (χ0v) is 12.9. The first-order chi connectivity index (χ1) is 10.8. The molecule has 2 rings (SSSR count). The Morgan fingerprint density at radius 2 is 1.96 bits per heavy atom. The van der Waals surface area contributed by atoms with Crippen molar-refractivity contribution in [3.63, 3.8) is 0 Å². The van der Waals surface area contributed by atoms with Crippen LogP contribution < -0.4 is 10.6 Å². The minimum Gasteiger partial charge on any atom is -0.338 e. The van der Waals surface area contributed by atoms with Crippen molar-refractivity contribution in [1.82, 2.24) is 20.2 Å². The number of imidazole rings is 1. The third-order valence-electron chi connectivity index (χ3n) is 3.20. The number of hydrogen-bond donors (Lipinski definition) is 2. The van der Waals surface area contributed by atoms with Gasteiger partial charge in [0.25, 0.3) is 0 Å². The van der Waals surface area contributed by atoms with E-state index in [1.807, 2.05) is 13.8 Å². The minimum absolute atomic E-state index is 0.00947. The van der Waals surface area contributed by atoms with E-state index in [1.165, 1.54) is 6.07 Å². The third-order valence-corrected chi connectivity index (χ3v) is 3.20. The lowest BCUT2D eigenvalue weighted by Crippen LogP contribution is -2.39. The number of aromatic nitrogens is 2. The molecule has 0 spiro atoms. The van der Waals surface area contributed by atoms with Crippen LogP contribution >= 0.6 is 0 Å². The van der Waals surface area contributed by atoms with E-state index in [4.69, 9.17) is 0 Å². The van der Waals surface area contributed by atoms with Crippen LogP contribution in [0.2, 0.25) is 0 Å². The number of benzene rings is 1. The van der Waals surface area contributed by atoms with Gasteiger partial charge in [0.2, 0.25) is 5.82 Å². The smallest absolute Gasteiger partial charge is 0.338 e. The third kappa shape index (κ3) is 4.37. The molecule has 0 aliphatic carbocycles. The average molecular weight is 328 g/mol. The standard InChI is InChI=1S/C15H19F3N4O/c1-10(2)9-20-14(23)19-7-8-22-12-6-4-3-5-11(12)21-13(22)15(16,17)18/h3-6,10H,7-9H2,1-2H3,(H2,19,20,23). The van der Waals surface area contributed by atoms with Crippen LogP contribution in [-0.4, -0.2) is 28.7 Å². The molecule has 5 nitrogen and oxygen atoms in total. The zero-order chi connectivity index (χ0) is 17.0. The second kappa shape index (κ2) is 6.89. The first-order valence-corrected chi connectivity index (χ1v) is 7.33. The van der Waals surface area contributed by atoms with Gasteiger partial charge in [-0.15, -0.1) is 0 Å². The van der Waals surface area contributed by atoms with Crippen LogP contribution in [0.5, 0.6) is 0 Å². The van der Waals surface area contributed by atoms with Crippen molar-refractivity contribution in [1.29, 1.82) is 0 Å². The van der Waals surface area contributed by atoms with Crippen LogP contribution in [0.15, 0.2) is 24.3 Å². The molecule has 0 unspecified atom stereocenters. The quantitative estimate of drug-likeness (QED) is 0.886. The van der Waals surface area contributed by atoms with Gasteiger partial charge in [-0.1, -0.05) is 26.0 Å². The summed E-state index contributed by atoms with van der Waals surface area (Å²) in [4.78, 5) is 15.2. The van der Waals surface area contributed by atoms with Gasteiger partial charge in [0.15, 0.2) is 0 Å². The van der Waals surface area contributed by atoms with Crippen molar-refractivity contribution in [2.75, 3.05) is 13.1 Å². The number of amides is 2. The number of carbonyl (C=O) groups is 1. The normalized spacial score (nSPS) is 11.9. The summed E-state index contributed by atoms with van der Waals surface area (Å²) in [5, 5.41) is 5.20. The maximum absolute atomic E-state index is 13.1. The highest BCUT2D eigenvalue weighted by molar-refractivity contribution is 5.76. The van der Waals surface area contributed by atoms with Gasteiger partial charge in [0.1, 0.15) is 0 Å². The molecule has 2 amide bonds. The molecular weight excluding hydrogens is 309 g/mol. The fourth-order valence-corrected chi connectivity index (χ4v) is 2.16. The number of rotatable bonds is 5. The predicted octanol–water partition coefficient (Wildman–Crippen LogP) is 3.01. The topological polar surface area (TPSA) is 59.0 Å². The first-order valence-electron chi connectivity index (χ1n) is 7.33. The highest BCUT2D eigenvalue weighted by Crippen LogP contribution is 2.31. The molecule has 23 heavy (non-hydrogen) atoms. The molecule has 0 saturated heterocycles. The molecule has 0 atom stereocenters. The fraction of sp³-hybridized carbons (Fsp3) is 0.467. The molecule has 126 valence electrons. The van der Waals surface area contributed by atoms with E-state index < -0.39 is 18.0 Å². The SMILES string of the molecule is CC(C)CNC(=O)NCCn1c(C(F)(F)F)nc2ccccc21. The largest absolute Gasteiger partial charge is 0.449 e. The number of carbonyl (C=O) groups excluding carboxylic acids is 1. The van der Waals surface area contributed by atoms with Crippen LogP contribution in [0, 0.1) is 5.92 Å². The van der Waals surface area contributed by atoms with E-state index in [0.717, 1.165) is 4.57 Å². The minimum atomic E-state index is -4.54. The summed E-state index contributed by atoms with van der Waals surface area (Å²) >= 11 is 0. The zero-order valence-electron chi connectivity index (χ0n) is 12.9. The molecule has 2 aromatic rings. The molecule has 0 bridgehead atoms. The van der Waals surface area contributed by atoms with Gasteiger partial charge in [0, 0.05) is 19.6 Å². The van der Waals surface area contributed by atoms with Gasteiger partial charge in [-0.05, 0) is 18.1 Å². The van der Waals surface area contributed by atoms with Gasteiger partial charge in [-0.3, -0.25) is 0 Å². The lowest BCUT2D eigenvalue weighted by Gasteiger charge is -2.13. The summed E-state index contributed by atoms with van der Waals surface area (Å²) in [6.45, 7) is 4.48. The lowest BCUT2D eigenvalue weighted by atomic mass is 10.2. The predicted molar refractivity (Wildman–Crippen MR) is 81.0 cm³/mol. The Morgan fingerprint density at radius 1 is 1.26 bits per heavy atom. The summed E-state index contributed by atoms with van der Waals surface area (Å²) in [6, 6.07) is 6.01. The number of nitrogens with zero attached hydrogens (tertiary/aromatic N) is 2. The van der Waals surface area contributed by atoms with Gasteiger partial charge in [0.05, 0.1) is 11.0 Å². The van der Waals surface area contributed by atoms with Crippen LogP contribution in [0.4, 0.5) is 18.0 Å². The molecule has 0 aliphatic rings. The highest BCUT2D eigenvalue weighted by Gasteiger charge is 2.37. The molecule has 0 saturated carbocycles. The molecule has 8 heteroatoms. The second-order valence-corrected chi connectivity index (χ2v) is 5.60. The van der Waals surface area contributed by atoms with Crippen molar-refractivity contribution in [2.24, 2.45) is 5.92 Å². The maximum atomic E-state index is 13.1. The van der Waals surface area contributed by atoms with Gasteiger partial charge in [-0.2, -0.15) is 13.2 Å². The Kier molecular flexibility index (Phi) is 5.12. The first kappa shape index (κ1) is 17.1. The molecule has 1 heterocycles. The molecule has 0 aliphatic heterocycles. The van der Waals surface area contributed by atoms with Gasteiger partial charge in [-0.25, -0.2) is 9.78 Å². The summed E-state index contributed by atoms with van der Waals surface area (Å²) in [6.07, 6.45) is -4.54. The van der Waals surface area contributed by atoms with Gasteiger partial charge < -0.3 is 15.2 Å². The van der Waals surface area contributed by atoms with Crippen molar-refractivity contribution in [3.8, 4) is 0 Å². The van der Waals surface area contributed by atoms with E-state index >= 15 is 0 Å². The Bertz CT molecular complexity index is 679. The van der Waals surface area contributed by atoms with Crippen LogP contribution in [0.3, 0.4) is 0 Å². The summed E-state index contributed by atoms with van der Waals surface area (Å²) in [7, 11) is 0. The summed E-state index contributed by atoms with van der Waals surface area (Å²) < 4.78 is 40.4. The van der Waals surface area contributed by atoms with Crippen LogP contribution in [0.1, 0.15) is 19.7 Å². The molecule has 0 fully saturated rings. The summed E-state index contributed by atoms with van der Waals surface area (Å²) in [5.41, 5.74) is 0.674. The molecule has 1 aromatic carbocycles. The van der Waals surface area contributed by atoms with E-state index in [-0.39, 0.29) is 18.6 Å². The number of para-hydroxylation sites is 2. The number of urea groups is 1. The van der Waals surface area contributed by atoms with E-state index in [2.05, 4.69) is 15.6 Å². The molecule has 1 aromatic heterocycles. The number of halogens is 3. The number of alkyl halides is 3. The van der Waals surface area contributed by atoms with Crippen molar-refractivity contribution in [3.05, 3.63) is 30.1 Å². The molecular formula is C15H19F3N4O. The Morgan fingerprint density at radius 3 is 2.61 bits per heavy atom. The maximum Gasteiger partial charge on any atom is 0.449 e. The monoisotopic (exact) mass is 328 g/mol. The van der Waals surface area contributed by atoms with E-state index in [0.29, 0.717) is 18.0 Å². The van der Waals surface area contributed by atoms with E-state index in [9.17, 15) is 18.0 Å². The fourth-order valence-electron chi connectivity index (χ4n) is 2.16. The highest BCUT2D eigenvalue weighted by atomic mass is 19.4. The second-order valence-electron chi connectivity index (χ2n) is 5.60. The Balaban J connectivity index is 2.08. The Labute approximate surface area is 131 Å². The van der Waals surface area contributed by atoms with Crippen molar-refractivity contribution < 1.29 is 18.0 Å². The number of hydrogen-bond acceptors (Lipinski definition) is 2. The van der Waals surface area contributed by atoms with Crippen LogP contribution in [0.25, 0.3) is 11.0 Å². The molecule has 2 N–H and O–H groups in total. The number of nitrogens with one attached hydrogen (secondary N) is 2. The van der Waals surface area contributed by atoms with Crippen molar-refractivity contribution >= 4 is 17.1 Å².